The number of amides is 1. The molecule has 31 heavy (non-hydrogen) atoms. The van der Waals surface area contributed by atoms with Crippen molar-refractivity contribution in [2.75, 3.05) is 36.8 Å². The number of aryl methyl sites for hydroxylation is 1. The molecule has 0 aliphatic carbocycles. The molecule has 6 nitrogen and oxygen atoms in total. The lowest BCUT2D eigenvalue weighted by Crippen LogP contribution is -2.48. The number of benzene rings is 2. The van der Waals surface area contributed by atoms with Gasteiger partial charge >= 0.3 is 0 Å². The second-order valence-corrected chi connectivity index (χ2v) is 10.8. The maximum Gasteiger partial charge on any atom is 0.222 e. The summed E-state index contributed by atoms with van der Waals surface area (Å²) in [7, 11) is -3.52. The van der Waals surface area contributed by atoms with Crippen LogP contribution in [-0.2, 0) is 14.6 Å². The average molecular weight is 462 g/mol. The van der Waals surface area contributed by atoms with E-state index in [1.54, 1.807) is 16.2 Å². The van der Waals surface area contributed by atoms with E-state index in [-0.39, 0.29) is 29.4 Å². The van der Waals surface area contributed by atoms with Gasteiger partial charge in [0.25, 0.3) is 0 Å². The van der Waals surface area contributed by atoms with Gasteiger partial charge in [-0.05, 0) is 49.2 Å². The quantitative estimate of drug-likeness (QED) is 0.524. The Morgan fingerprint density at radius 3 is 2.48 bits per heavy atom. The van der Waals surface area contributed by atoms with E-state index in [9.17, 15) is 17.6 Å². The molecule has 0 N–H and O–H groups in total. The molecule has 9 heteroatoms. The Balaban J connectivity index is 1.28. The molecule has 1 saturated heterocycles. The zero-order valence-electron chi connectivity index (χ0n) is 17.3. The van der Waals surface area contributed by atoms with Crippen molar-refractivity contribution in [2.45, 2.75) is 24.7 Å². The molecule has 4 rings (SSSR count). The maximum absolute atomic E-state index is 13.0. The molecule has 0 radical (unpaired) electrons. The molecule has 0 saturated carbocycles. The Bertz CT molecular complexity index is 1180. The molecule has 1 fully saturated rings. The summed E-state index contributed by atoms with van der Waals surface area (Å²) < 4.78 is 38.8. The average Bonchev–Trinajstić information content (AvgIpc) is 3.20. The maximum atomic E-state index is 13.0. The van der Waals surface area contributed by atoms with Crippen molar-refractivity contribution in [1.29, 1.82) is 0 Å². The standard InChI is InChI=1S/C22H24FN3O3S2/c1-16-4-2-5-19-21(16)24-22(30-19)26-13-11-25(12-14-26)20(27)6-3-15-31(28,29)18-9-7-17(23)8-10-18/h2,4-5,7-10H,3,6,11-15H2,1H3. The molecular formula is C22H24FN3O3S2. The van der Waals surface area contributed by atoms with Gasteiger partial charge in [-0.1, -0.05) is 23.5 Å². The summed E-state index contributed by atoms with van der Waals surface area (Å²) in [6.07, 6.45) is 0.427. The molecule has 1 aliphatic heterocycles. The third kappa shape index (κ3) is 4.88. The highest BCUT2D eigenvalue weighted by Gasteiger charge is 2.24. The molecule has 2 aromatic carbocycles. The van der Waals surface area contributed by atoms with Crippen molar-refractivity contribution in [3.63, 3.8) is 0 Å². The van der Waals surface area contributed by atoms with Gasteiger partial charge < -0.3 is 9.80 Å². The van der Waals surface area contributed by atoms with Gasteiger partial charge in [-0.3, -0.25) is 4.79 Å². The van der Waals surface area contributed by atoms with Crippen LogP contribution in [0.5, 0.6) is 0 Å². The summed E-state index contributed by atoms with van der Waals surface area (Å²) in [6.45, 7) is 4.66. The van der Waals surface area contributed by atoms with Crippen LogP contribution in [0.15, 0.2) is 47.4 Å². The van der Waals surface area contributed by atoms with E-state index in [2.05, 4.69) is 24.0 Å². The SMILES string of the molecule is Cc1cccc2sc(N3CCN(C(=O)CCCS(=O)(=O)c4ccc(F)cc4)CC3)nc12. The van der Waals surface area contributed by atoms with Crippen LogP contribution in [-0.4, -0.2) is 56.1 Å². The molecule has 164 valence electrons. The smallest absolute Gasteiger partial charge is 0.222 e. The van der Waals surface area contributed by atoms with E-state index in [0.717, 1.165) is 33.0 Å². The van der Waals surface area contributed by atoms with Crippen molar-refractivity contribution in [1.82, 2.24) is 9.88 Å². The van der Waals surface area contributed by atoms with Crippen LogP contribution in [0.2, 0.25) is 0 Å². The highest BCUT2D eigenvalue weighted by Crippen LogP contribution is 2.31. The lowest BCUT2D eigenvalue weighted by molar-refractivity contribution is -0.131. The van der Waals surface area contributed by atoms with E-state index in [4.69, 9.17) is 4.98 Å². The highest BCUT2D eigenvalue weighted by atomic mass is 32.2. The zero-order chi connectivity index (χ0) is 22.0. The van der Waals surface area contributed by atoms with E-state index in [1.165, 1.54) is 12.1 Å². The number of halogens is 1. The zero-order valence-corrected chi connectivity index (χ0v) is 18.9. The number of fused-ring (bicyclic) bond motifs is 1. The third-order valence-corrected chi connectivity index (χ3v) is 8.39. The van der Waals surface area contributed by atoms with E-state index < -0.39 is 15.7 Å². The lowest BCUT2D eigenvalue weighted by atomic mass is 10.2. The Morgan fingerprint density at radius 1 is 1.10 bits per heavy atom. The number of piperazine rings is 1. The first-order valence-electron chi connectivity index (χ1n) is 10.2. The van der Waals surface area contributed by atoms with Crippen molar-refractivity contribution < 1.29 is 17.6 Å². The van der Waals surface area contributed by atoms with Crippen LogP contribution in [0.4, 0.5) is 9.52 Å². The number of rotatable bonds is 6. The Hall–Kier alpha value is -2.52. The number of para-hydroxylation sites is 1. The van der Waals surface area contributed by atoms with Crippen LogP contribution < -0.4 is 4.90 Å². The molecule has 0 spiro atoms. The molecule has 1 amide bonds. The first-order valence-corrected chi connectivity index (χ1v) is 12.7. The van der Waals surface area contributed by atoms with Gasteiger partial charge in [0.15, 0.2) is 15.0 Å². The summed E-state index contributed by atoms with van der Waals surface area (Å²) in [6, 6.07) is 10.9. The molecular weight excluding hydrogens is 437 g/mol. The number of hydrogen-bond donors (Lipinski definition) is 0. The van der Waals surface area contributed by atoms with Crippen LogP contribution in [0.1, 0.15) is 18.4 Å². The molecule has 0 unspecified atom stereocenters. The van der Waals surface area contributed by atoms with Crippen molar-refractivity contribution in [3.05, 3.63) is 53.8 Å². The monoisotopic (exact) mass is 461 g/mol. The normalized spacial score (nSPS) is 14.9. The Morgan fingerprint density at radius 2 is 1.81 bits per heavy atom. The fourth-order valence-electron chi connectivity index (χ4n) is 3.69. The third-order valence-electron chi connectivity index (χ3n) is 5.49. The fraction of sp³-hybridized carbons (Fsp3) is 0.364. The van der Waals surface area contributed by atoms with Crippen LogP contribution in [0, 0.1) is 12.7 Å². The molecule has 3 aromatic rings. The summed E-state index contributed by atoms with van der Waals surface area (Å²) in [4.78, 5) is 21.4. The fourth-order valence-corrected chi connectivity index (χ4v) is 6.09. The van der Waals surface area contributed by atoms with Crippen LogP contribution in [0.25, 0.3) is 10.2 Å². The molecule has 1 aliphatic rings. The van der Waals surface area contributed by atoms with E-state index in [0.29, 0.717) is 26.2 Å². The minimum Gasteiger partial charge on any atom is -0.345 e. The number of thiazole rings is 1. The summed E-state index contributed by atoms with van der Waals surface area (Å²) >= 11 is 1.66. The Kier molecular flexibility index (Phi) is 6.24. The van der Waals surface area contributed by atoms with Gasteiger partial charge in [0.2, 0.25) is 5.91 Å². The van der Waals surface area contributed by atoms with Crippen molar-refractivity contribution in [2.24, 2.45) is 0 Å². The van der Waals surface area contributed by atoms with Gasteiger partial charge in [-0.2, -0.15) is 0 Å². The number of sulfone groups is 1. The van der Waals surface area contributed by atoms with E-state index in [1.807, 2.05) is 6.07 Å². The van der Waals surface area contributed by atoms with Crippen LogP contribution >= 0.6 is 11.3 Å². The second-order valence-electron chi connectivity index (χ2n) is 7.66. The molecule has 2 heterocycles. The molecule has 1 aromatic heterocycles. The molecule has 0 atom stereocenters. The Labute approximate surface area is 185 Å². The van der Waals surface area contributed by atoms with Crippen LogP contribution in [0.3, 0.4) is 0 Å². The summed E-state index contributed by atoms with van der Waals surface area (Å²) in [5.74, 6) is -0.640. The minimum atomic E-state index is -3.52. The largest absolute Gasteiger partial charge is 0.345 e. The summed E-state index contributed by atoms with van der Waals surface area (Å²) in [5, 5.41) is 0.974. The number of nitrogens with zero attached hydrogens (tertiary/aromatic N) is 3. The van der Waals surface area contributed by atoms with Crippen molar-refractivity contribution >= 4 is 42.4 Å². The van der Waals surface area contributed by atoms with Crippen molar-refractivity contribution in [3.8, 4) is 0 Å². The molecule has 0 bridgehead atoms. The van der Waals surface area contributed by atoms with Gasteiger partial charge in [0.05, 0.1) is 20.9 Å². The lowest BCUT2D eigenvalue weighted by Gasteiger charge is -2.34. The summed E-state index contributed by atoms with van der Waals surface area (Å²) in [5.41, 5.74) is 2.19. The first-order chi connectivity index (χ1) is 14.8. The minimum absolute atomic E-state index is 0.0332. The number of anilines is 1. The van der Waals surface area contributed by atoms with Gasteiger partial charge in [-0.15, -0.1) is 0 Å². The number of aromatic nitrogens is 1. The topological polar surface area (TPSA) is 70.6 Å². The second kappa shape index (κ2) is 8.92. The van der Waals surface area contributed by atoms with Gasteiger partial charge in [0, 0.05) is 32.6 Å². The predicted octanol–water partition coefficient (Wildman–Crippen LogP) is 3.65. The number of carbonyl (C=O) groups excluding carboxylic acids is 1. The van der Waals surface area contributed by atoms with E-state index >= 15 is 0 Å². The first kappa shape index (κ1) is 21.7. The highest BCUT2D eigenvalue weighted by molar-refractivity contribution is 7.91. The van der Waals surface area contributed by atoms with Gasteiger partial charge in [-0.25, -0.2) is 17.8 Å². The predicted molar refractivity (Wildman–Crippen MR) is 121 cm³/mol. The van der Waals surface area contributed by atoms with Gasteiger partial charge in [0.1, 0.15) is 5.82 Å². The number of hydrogen-bond acceptors (Lipinski definition) is 6. The number of carbonyl (C=O) groups is 1.